The Morgan fingerprint density at radius 1 is 0.487 bits per heavy atom. The number of carbonyl (C=O) groups is 1. The molecule has 442 valence electrons. The third-order valence-corrected chi connectivity index (χ3v) is 14.7. The minimum absolute atomic E-state index is 0.240. The first-order valence-electron chi connectivity index (χ1n) is 30.5. The number of carbonyl (C=O) groups excluding carboxylic acids is 1. The first kappa shape index (κ1) is 69.8. The lowest BCUT2D eigenvalue weighted by Crippen LogP contribution is -2.65. The van der Waals surface area contributed by atoms with Crippen molar-refractivity contribution in [1.29, 1.82) is 0 Å². The van der Waals surface area contributed by atoms with E-state index in [2.05, 4.69) is 67.8 Å². The molecule has 1 amide bonds. The highest BCUT2D eigenvalue weighted by molar-refractivity contribution is 5.76. The maximum Gasteiger partial charge on any atom is 0.220 e. The van der Waals surface area contributed by atoms with Gasteiger partial charge in [0.05, 0.1) is 32.0 Å². The topological polar surface area (TPSA) is 228 Å². The summed E-state index contributed by atoms with van der Waals surface area (Å²) in [5.41, 5.74) is 0. The van der Waals surface area contributed by atoms with Gasteiger partial charge < -0.3 is 65.1 Å². The van der Waals surface area contributed by atoms with E-state index in [9.17, 15) is 45.6 Å². The van der Waals surface area contributed by atoms with Crippen molar-refractivity contribution in [2.45, 2.75) is 306 Å². The van der Waals surface area contributed by atoms with E-state index in [-0.39, 0.29) is 18.9 Å². The molecule has 76 heavy (non-hydrogen) atoms. The Morgan fingerprint density at radius 3 is 1.39 bits per heavy atom. The summed E-state index contributed by atoms with van der Waals surface area (Å²) in [6.45, 7) is 2.67. The molecule has 14 nitrogen and oxygen atoms in total. The van der Waals surface area contributed by atoms with Gasteiger partial charge in [0.2, 0.25) is 5.91 Å². The summed E-state index contributed by atoms with van der Waals surface area (Å²) in [6, 6.07) is -0.913. The van der Waals surface area contributed by atoms with Crippen molar-refractivity contribution in [2.75, 3.05) is 19.8 Å². The maximum absolute atomic E-state index is 13.2. The highest BCUT2D eigenvalue weighted by Gasteiger charge is 2.51. The highest BCUT2D eigenvalue weighted by Crippen LogP contribution is 2.30. The Bertz CT molecular complexity index is 1510. The van der Waals surface area contributed by atoms with Crippen LogP contribution in [-0.2, 0) is 23.7 Å². The number of ether oxygens (including phenoxy) is 4. The monoisotopic (exact) mass is 1080 g/mol. The van der Waals surface area contributed by atoms with Crippen LogP contribution in [0.2, 0.25) is 0 Å². The number of nitrogens with one attached hydrogen (secondary N) is 1. The number of allylic oxidation sites excluding steroid dienone is 9. The lowest BCUT2D eigenvalue weighted by molar-refractivity contribution is -0.359. The van der Waals surface area contributed by atoms with Gasteiger partial charge in [-0.1, -0.05) is 229 Å². The van der Waals surface area contributed by atoms with Gasteiger partial charge in [0.1, 0.15) is 48.8 Å². The first-order chi connectivity index (χ1) is 37.1. The molecule has 0 spiro atoms. The lowest BCUT2D eigenvalue weighted by Gasteiger charge is -2.46. The fourth-order valence-corrected chi connectivity index (χ4v) is 9.81. The third-order valence-electron chi connectivity index (χ3n) is 14.7. The second kappa shape index (κ2) is 47.5. The largest absolute Gasteiger partial charge is 0.394 e. The molecule has 0 bridgehead atoms. The Labute approximate surface area is 460 Å². The van der Waals surface area contributed by atoms with E-state index in [0.29, 0.717) is 6.42 Å². The summed E-state index contributed by atoms with van der Waals surface area (Å²) < 4.78 is 22.7. The van der Waals surface area contributed by atoms with Crippen LogP contribution < -0.4 is 5.32 Å². The molecule has 2 heterocycles. The zero-order chi connectivity index (χ0) is 55.3. The molecule has 0 aromatic heterocycles. The predicted octanol–water partition coefficient (Wildman–Crippen LogP) is 10.6. The van der Waals surface area contributed by atoms with Crippen molar-refractivity contribution >= 4 is 5.91 Å². The van der Waals surface area contributed by atoms with Crippen molar-refractivity contribution in [2.24, 2.45) is 0 Å². The normalized spacial score (nSPS) is 25.3. The summed E-state index contributed by atoms with van der Waals surface area (Å²) in [5, 5.41) is 86.9. The minimum atomic E-state index is -1.79. The number of aliphatic hydroxyl groups excluding tert-OH is 8. The van der Waals surface area contributed by atoms with Crippen molar-refractivity contribution in [3.05, 3.63) is 60.8 Å². The molecule has 14 heteroatoms. The molecule has 2 rings (SSSR count). The third kappa shape index (κ3) is 32.7. The smallest absolute Gasteiger partial charge is 0.220 e. The second-order valence-corrected chi connectivity index (χ2v) is 21.5. The molecule has 0 aliphatic carbocycles. The van der Waals surface area contributed by atoms with Gasteiger partial charge in [0.15, 0.2) is 12.6 Å². The Hall–Kier alpha value is -2.31. The molecular formula is C62H111NO13. The zero-order valence-corrected chi connectivity index (χ0v) is 47.5. The molecule has 0 aromatic carbocycles. The SMILES string of the molecule is CC/C=C\C/C=C\C/C=C\C/C=C\CCCCCCCCCCCCCCCCCCCCC(=O)NC(COC1OC(CO)C(OC2OC(CO)C(O)C(O)C2O)C(O)C1O)C(O)/C=C/CCCCCCCCCCC. The van der Waals surface area contributed by atoms with Crippen molar-refractivity contribution in [3.63, 3.8) is 0 Å². The second-order valence-electron chi connectivity index (χ2n) is 21.5. The Balaban J connectivity index is 1.64. The Morgan fingerprint density at radius 2 is 0.908 bits per heavy atom. The fraction of sp³-hybridized carbons (Fsp3) is 0.823. The maximum atomic E-state index is 13.2. The number of hydrogen-bond acceptors (Lipinski definition) is 13. The van der Waals surface area contributed by atoms with Gasteiger partial charge in [-0.05, 0) is 57.8 Å². The highest BCUT2D eigenvalue weighted by atomic mass is 16.7. The number of unbranched alkanes of at least 4 members (excludes halogenated alkanes) is 27. The van der Waals surface area contributed by atoms with Gasteiger partial charge in [0.25, 0.3) is 0 Å². The molecule has 9 N–H and O–H groups in total. The van der Waals surface area contributed by atoms with Crippen LogP contribution in [0, 0.1) is 0 Å². The van der Waals surface area contributed by atoms with Gasteiger partial charge in [-0.3, -0.25) is 4.79 Å². The quantitative estimate of drug-likeness (QED) is 0.0204. The van der Waals surface area contributed by atoms with Crippen molar-refractivity contribution < 1.29 is 64.6 Å². The van der Waals surface area contributed by atoms with Gasteiger partial charge in [-0.25, -0.2) is 0 Å². The summed E-state index contributed by atoms with van der Waals surface area (Å²) in [7, 11) is 0. The summed E-state index contributed by atoms with van der Waals surface area (Å²) in [6.07, 6.45) is 44.3. The van der Waals surface area contributed by atoms with Crippen molar-refractivity contribution in [3.8, 4) is 0 Å². The van der Waals surface area contributed by atoms with Crippen LogP contribution in [0.1, 0.15) is 232 Å². The van der Waals surface area contributed by atoms with E-state index >= 15 is 0 Å². The molecule has 12 atom stereocenters. The van der Waals surface area contributed by atoms with E-state index in [0.717, 1.165) is 64.2 Å². The molecule has 2 aliphatic rings. The lowest BCUT2D eigenvalue weighted by atomic mass is 9.97. The molecule has 0 radical (unpaired) electrons. The molecular weight excluding hydrogens is 967 g/mol. The van der Waals surface area contributed by atoms with Crippen LogP contribution in [0.4, 0.5) is 0 Å². The van der Waals surface area contributed by atoms with Gasteiger partial charge in [-0.15, -0.1) is 0 Å². The van der Waals surface area contributed by atoms with Gasteiger partial charge in [-0.2, -0.15) is 0 Å². The van der Waals surface area contributed by atoms with Gasteiger partial charge in [0, 0.05) is 6.42 Å². The van der Waals surface area contributed by atoms with Crippen LogP contribution >= 0.6 is 0 Å². The van der Waals surface area contributed by atoms with Crippen LogP contribution in [0.25, 0.3) is 0 Å². The predicted molar refractivity (Wildman–Crippen MR) is 304 cm³/mol. The number of rotatable bonds is 48. The van der Waals surface area contributed by atoms with Crippen LogP contribution in [0.15, 0.2) is 60.8 Å². The molecule has 0 aromatic rings. The molecule has 0 saturated carbocycles. The van der Waals surface area contributed by atoms with E-state index in [4.69, 9.17) is 18.9 Å². The zero-order valence-electron chi connectivity index (χ0n) is 47.5. The van der Waals surface area contributed by atoms with Crippen LogP contribution in [0.3, 0.4) is 0 Å². The molecule has 2 saturated heterocycles. The minimum Gasteiger partial charge on any atom is -0.394 e. The molecule has 2 fully saturated rings. The van der Waals surface area contributed by atoms with Crippen LogP contribution in [-0.4, -0.2) is 140 Å². The average molecular weight is 1080 g/mol. The summed E-state index contributed by atoms with van der Waals surface area (Å²) in [4.78, 5) is 13.2. The summed E-state index contributed by atoms with van der Waals surface area (Å²) >= 11 is 0. The van der Waals surface area contributed by atoms with Crippen molar-refractivity contribution in [1.82, 2.24) is 5.32 Å². The van der Waals surface area contributed by atoms with E-state index in [1.165, 1.54) is 141 Å². The van der Waals surface area contributed by atoms with Crippen LogP contribution in [0.5, 0.6) is 0 Å². The number of amides is 1. The number of hydrogen-bond donors (Lipinski definition) is 9. The standard InChI is InChI=1S/C62H111NO13/c1-3-5-7-9-11-13-15-16-17-18-19-20-21-22-23-24-25-26-27-28-29-30-31-32-33-34-36-38-40-42-44-46-54(67)63-50(51(66)45-43-41-39-37-35-14-12-10-8-6-4-2)49-73-61-59(72)57(70)60(53(48-65)75-61)76-62-58(71)56(69)55(68)52(47-64)74-62/h5,7,11,13,16-17,19-20,43,45,50-53,55-62,64-66,68-72H,3-4,6,8-10,12,14-15,18,21-42,44,46-49H2,1-2H3,(H,63,67)/b7-5-,13-11-,17-16-,20-19-,45-43+. The van der Waals surface area contributed by atoms with E-state index in [1.807, 2.05) is 6.08 Å². The van der Waals surface area contributed by atoms with E-state index in [1.54, 1.807) is 6.08 Å². The van der Waals surface area contributed by atoms with Gasteiger partial charge >= 0.3 is 0 Å². The fourth-order valence-electron chi connectivity index (χ4n) is 9.81. The molecule has 12 unspecified atom stereocenters. The first-order valence-corrected chi connectivity index (χ1v) is 30.5. The van der Waals surface area contributed by atoms with E-state index < -0.39 is 86.8 Å². The average Bonchev–Trinajstić information content (AvgIpc) is 3.42. The molecule has 2 aliphatic heterocycles. The number of aliphatic hydroxyl groups is 8. The Kier molecular flexibility index (Phi) is 43.6. The summed E-state index contributed by atoms with van der Waals surface area (Å²) in [5.74, 6) is -0.240.